The highest BCUT2D eigenvalue weighted by Crippen LogP contribution is 2.31. The molecule has 19 heavy (non-hydrogen) atoms. The number of hydrogen-bond donors (Lipinski definition) is 1. The number of carbonyl (C=O) groups is 1. The lowest BCUT2D eigenvalue weighted by Gasteiger charge is -2.19. The zero-order valence-electron chi connectivity index (χ0n) is 10.2. The molecule has 2 atom stereocenters. The summed E-state index contributed by atoms with van der Waals surface area (Å²) in [6.45, 7) is 2.59. The van der Waals surface area contributed by atoms with Gasteiger partial charge in [-0.15, -0.1) is 11.3 Å². The van der Waals surface area contributed by atoms with Crippen molar-refractivity contribution in [2.75, 3.05) is 6.54 Å². The number of fused-ring (bicyclic) bond motifs is 1. The molecule has 100 valence electrons. The Morgan fingerprint density at radius 1 is 1.63 bits per heavy atom. The summed E-state index contributed by atoms with van der Waals surface area (Å²) in [4.78, 5) is 19.6. The highest BCUT2D eigenvalue weighted by molar-refractivity contribution is 7.17. The lowest BCUT2D eigenvalue weighted by Crippen LogP contribution is -2.26. The van der Waals surface area contributed by atoms with Crippen LogP contribution in [0.3, 0.4) is 0 Å². The van der Waals surface area contributed by atoms with Gasteiger partial charge in [0.25, 0.3) is 0 Å². The minimum absolute atomic E-state index is 0.0717. The largest absolute Gasteiger partial charge is 0.473 e. The number of pyridine rings is 1. The molecule has 3 rings (SSSR count). The van der Waals surface area contributed by atoms with E-state index >= 15 is 0 Å². The molecule has 1 aliphatic heterocycles. The second-order valence-corrected chi connectivity index (χ2v) is 5.78. The lowest BCUT2D eigenvalue weighted by molar-refractivity contribution is -0.119. The minimum atomic E-state index is -0.102. The number of nitrogens with zero attached hydrogens (tertiary/aromatic N) is 2. The molecule has 0 aromatic carbocycles. The summed E-state index contributed by atoms with van der Waals surface area (Å²) >= 11 is 7.42. The molecule has 0 aliphatic carbocycles. The fraction of sp³-hybridized carbons (Fsp3) is 0.417. The van der Waals surface area contributed by atoms with E-state index in [9.17, 15) is 4.79 Å². The van der Waals surface area contributed by atoms with E-state index in [0.717, 1.165) is 10.2 Å². The first-order valence-corrected chi connectivity index (χ1v) is 7.22. The van der Waals surface area contributed by atoms with Gasteiger partial charge in [0.1, 0.15) is 16.0 Å². The number of hydrogen-bond acceptors (Lipinski definition) is 5. The predicted molar refractivity (Wildman–Crippen MR) is 73.6 cm³/mol. The van der Waals surface area contributed by atoms with Gasteiger partial charge in [0, 0.05) is 24.9 Å². The molecule has 7 heteroatoms. The number of rotatable bonds is 3. The molecule has 3 heterocycles. The number of amides is 1. The van der Waals surface area contributed by atoms with Crippen LogP contribution in [0.2, 0.25) is 5.15 Å². The maximum absolute atomic E-state index is 11.2. The molecule has 0 bridgehead atoms. The summed E-state index contributed by atoms with van der Waals surface area (Å²) in [5, 5.41) is 3.17. The van der Waals surface area contributed by atoms with Crippen LogP contribution in [0.4, 0.5) is 0 Å². The van der Waals surface area contributed by atoms with Crippen LogP contribution in [-0.2, 0) is 4.79 Å². The Morgan fingerprint density at radius 3 is 3.21 bits per heavy atom. The summed E-state index contributed by atoms with van der Waals surface area (Å²) in [5.41, 5.74) is 2.52. The highest BCUT2D eigenvalue weighted by atomic mass is 35.5. The van der Waals surface area contributed by atoms with Gasteiger partial charge < -0.3 is 10.1 Å². The zero-order valence-corrected chi connectivity index (χ0v) is 11.8. The van der Waals surface area contributed by atoms with E-state index in [4.69, 9.17) is 16.3 Å². The van der Waals surface area contributed by atoms with E-state index in [2.05, 4.69) is 15.3 Å². The van der Waals surface area contributed by atoms with E-state index in [1.807, 2.05) is 6.92 Å². The number of aromatic nitrogens is 2. The van der Waals surface area contributed by atoms with Gasteiger partial charge in [-0.2, -0.15) is 0 Å². The van der Waals surface area contributed by atoms with Crippen molar-refractivity contribution in [1.82, 2.24) is 15.3 Å². The van der Waals surface area contributed by atoms with Crippen molar-refractivity contribution in [3.05, 3.63) is 16.7 Å². The van der Waals surface area contributed by atoms with E-state index in [1.165, 1.54) is 11.3 Å². The molecule has 0 spiro atoms. The van der Waals surface area contributed by atoms with Gasteiger partial charge in [-0.3, -0.25) is 4.79 Å². The van der Waals surface area contributed by atoms with Gasteiger partial charge in [-0.1, -0.05) is 11.6 Å². The molecule has 0 unspecified atom stereocenters. The standard InChI is InChI=1S/C12H12ClN3O2S/c1-6(7-2-10(17)14-4-7)18-12-11-8(15-5-19-11)3-9(13)16-12/h3,5-7H,2,4H2,1H3,(H,14,17)/t6-,7-/m1/s1. The smallest absolute Gasteiger partial charge is 0.235 e. The monoisotopic (exact) mass is 297 g/mol. The minimum Gasteiger partial charge on any atom is -0.473 e. The van der Waals surface area contributed by atoms with Crippen molar-refractivity contribution < 1.29 is 9.53 Å². The predicted octanol–water partition coefficient (Wildman–Crippen LogP) is 2.25. The van der Waals surface area contributed by atoms with Gasteiger partial charge >= 0.3 is 0 Å². The van der Waals surface area contributed by atoms with Crippen molar-refractivity contribution in [2.24, 2.45) is 5.92 Å². The molecular weight excluding hydrogens is 286 g/mol. The number of halogens is 1. The normalized spacial score (nSPS) is 20.5. The molecule has 1 saturated heterocycles. The molecule has 2 aromatic rings. The Labute approximate surface area is 119 Å². The molecule has 1 amide bonds. The fourth-order valence-corrected chi connectivity index (χ4v) is 3.00. The van der Waals surface area contributed by atoms with Gasteiger partial charge in [0.2, 0.25) is 11.8 Å². The Balaban J connectivity index is 1.84. The maximum atomic E-state index is 11.2. The third-order valence-corrected chi connectivity index (χ3v) is 4.25. The molecule has 5 nitrogen and oxygen atoms in total. The first-order chi connectivity index (χ1) is 9.13. The molecule has 1 fully saturated rings. The van der Waals surface area contributed by atoms with Crippen LogP contribution >= 0.6 is 22.9 Å². The van der Waals surface area contributed by atoms with Crippen LogP contribution in [0.1, 0.15) is 13.3 Å². The Kier molecular flexibility index (Phi) is 3.28. The summed E-state index contributed by atoms with van der Waals surface area (Å²) in [7, 11) is 0. The van der Waals surface area contributed by atoms with Crippen LogP contribution in [0, 0.1) is 5.92 Å². The zero-order chi connectivity index (χ0) is 13.4. The molecule has 0 radical (unpaired) electrons. The van der Waals surface area contributed by atoms with E-state index in [0.29, 0.717) is 24.0 Å². The van der Waals surface area contributed by atoms with Crippen LogP contribution < -0.4 is 10.1 Å². The molecule has 2 aromatic heterocycles. The van der Waals surface area contributed by atoms with Crippen molar-refractivity contribution >= 4 is 39.1 Å². The quantitative estimate of drug-likeness (QED) is 0.883. The Hall–Kier alpha value is -1.40. The molecular formula is C12H12ClN3O2S. The second-order valence-electron chi connectivity index (χ2n) is 4.54. The second kappa shape index (κ2) is 4.94. The van der Waals surface area contributed by atoms with Gasteiger partial charge in [-0.25, -0.2) is 9.97 Å². The third-order valence-electron chi connectivity index (χ3n) is 3.22. The van der Waals surface area contributed by atoms with Crippen molar-refractivity contribution in [1.29, 1.82) is 0 Å². The first kappa shape index (κ1) is 12.6. The highest BCUT2D eigenvalue weighted by Gasteiger charge is 2.28. The average molecular weight is 298 g/mol. The third kappa shape index (κ3) is 2.50. The van der Waals surface area contributed by atoms with Crippen molar-refractivity contribution in [3.8, 4) is 5.88 Å². The molecule has 1 aliphatic rings. The number of ether oxygens (including phenoxy) is 1. The van der Waals surface area contributed by atoms with E-state index in [1.54, 1.807) is 11.6 Å². The van der Waals surface area contributed by atoms with Gasteiger partial charge in [0.05, 0.1) is 11.0 Å². The van der Waals surface area contributed by atoms with Crippen LogP contribution in [0.15, 0.2) is 11.6 Å². The van der Waals surface area contributed by atoms with Crippen molar-refractivity contribution in [2.45, 2.75) is 19.4 Å². The number of carbonyl (C=O) groups excluding carboxylic acids is 1. The summed E-state index contributed by atoms with van der Waals surface area (Å²) in [5.74, 6) is 0.732. The molecule has 1 N–H and O–H groups in total. The average Bonchev–Trinajstić information content (AvgIpc) is 2.97. The number of nitrogens with one attached hydrogen (secondary N) is 1. The topological polar surface area (TPSA) is 64.1 Å². The van der Waals surface area contributed by atoms with Gasteiger partial charge in [-0.05, 0) is 6.92 Å². The summed E-state index contributed by atoms with van der Waals surface area (Å²) < 4.78 is 6.76. The van der Waals surface area contributed by atoms with E-state index in [-0.39, 0.29) is 17.9 Å². The van der Waals surface area contributed by atoms with E-state index < -0.39 is 0 Å². The lowest BCUT2D eigenvalue weighted by atomic mass is 10.0. The summed E-state index contributed by atoms with van der Waals surface area (Å²) in [6.07, 6.45) is 0.392. The number of thiazole rings is 1. The first-order valence-electron chi connectivity index (χ1n) is 5.96. The maximum Gasteiger partial charge on any atom is 0.235 e. The van der Waals surface area contributed by atoms with Crippen LogP contribution in [0.5, 0.6) is 5.88 Å². The SMILES string of the molecule is C[C@@H](Oc1nc(Cl)cc2ncsc12)[C@H]1CNC(=O)C1. The van der Waals surface area contributed by atoms with Crippen LogP contribution in [-0.4, -0.2) is 28.5 Å². The fourth-order valence-electron chi connectivity index (χ4n) is 2.12. The van der Waals surface area contributed by atoms with Crippen molar-refractivity contribution in [3.63, 3.8) is 0 Å². The summed E-state index contributed by atoms with van der Waals surface area (Å²) in [6, 6.07) is 1.71. The molecule has 0 saturated carbocycles. The Bertz CT molecular complexity index is 630. The van der Waals surface area contributed by atoms with Gasteiger partial charge in [0.15, 0.2) is 0 Å². The Morgan fingerprint density at radius 2 is 2.47 bits per heavy atom. The van der Waals surface area contributed by atoms with Crippen LogP contribution in [0.25, 0.3) is 10.2 Å².